The first kappa shape index (κ1) is 18.3. The smallest absolute Gasteiger partial charge is 0.411 e. The predicted molar refractivity (Wildman–Crippen MR) is 77.1 cm³/mol. The molecule has 0 N–H and O–H groups in total. The number of unbranched alkanes of at least 4 members (excludes halogenated alkanes) is 4. The fourth-order valence-corrected chi connectivity index (χ4v) is 1.52. The average Bonchev–Trinajstić information content (AvgIpc) is 2.46. The van der Waals surface area contributed by atoms with Crippen LogP contribution in [0.2, 0.25) is 0 Å². The highest BCUT2D eigenvalue weighted by Gasteiger charge is 2.24. The van der Waals surface area contributed by atoms with Gasteiger partial charge in [0.25, 0.3) is 0 Å². The summed E-state index contributed by atoms with van der Waals surface area (Å²) in [4.78, 5) is 24.4. The van der Waals surface area contributed by atoms with Crippen LogP contribution in [0.1, 0.15) is 46.0 Å². The van der Waals surface area contributed by atoms with E-state index in [0.717, 1.165) is 19.3 Å². The molecule has 0 saturated heterocycles. The van der Waals surface area contributed by atoms with Gasteiger partial charge in [-0.3, -0.25) is 4.90 Å². The molecule has 1 atom stereocenters. The molecule has 0 saturated carbocycles. The maximum Gasteiger partial charge on any atom is 0.411 e. The van der Waals surface area contributed by atoms with Gasteiger partial charge in [-0.05, 0) is 13.3 Å². The van der Waals surface area contributed by atoms with Crippen LogP contribution in [-0.4, -0.2) is 43.3 Å². The maximum absolute atomic E-state index is 11.7. The molecule has 1 amide bonds. The van der Waals surface area contributed by atoms with Crippen LogP contribution in [-0.2, 0) is 14.3 Å². The van der Waals surface area contributed by atoms with Crippen LogP contribution in [0.4, 0.5) is 4.79 Å². The Balaban J connectivity index is 3.90. The van der Waals surface area contributed by atoms with Crippen LogP contribution in [0.5, 0.6) is 0 Å². The molecule has 0 aromatic carbocycles. The number of hydrogen-bond donors (Lipinski definition) is 0. The molecule has 0 spiro atoms. The summed E-state index contributed by atoms with van der Waals surface area (Å²) in [5, 5.41) is 0. The third-order valence-corrected chi connectivity index (χ3v) is 2.98. The number of ether oxygens (including phenoxy) is 2. The minimum Gasteiger partial charge on any atom is -0.464 e. The van der Waals surface area contributed by atoms with E-state index in [4.69, 9.17) is 15.9 Å². The lowest BCUT2D eigenvalue weighted by molar-refractivity contribution is -0.148. The molecule has 0 aromatic heterocycles. The van der Waals surface area contributed by atoms with Gasteiger partial charge in [-0.2, -0.15) is 0 Å². The second-order valence-corrected chi connectivity index (χ2v) is 4.63. The van der Waals surface area contributed by atoms with Crippen LogP contribution in [0.3, 0.4) is 0 Å². The van der Waals surface area contributed by atoms with E-state index in [1.807, 2.05) is 0 Å². The van der Waals surface area contributed by atoms with Gasteiger partial charge in [0.2, 0.25) is 0 Å². The lowest BCUT2D eigenvalue weighted by Crippen LogP contribution is -2.41. The third-order valence-electron chi connectivity index (χ3n) is 2.98. The van der Waals surface area contributed by atoms with Crippen molar-refractivity contribution < 1.29 is 19.1 Å². The SMILES string of the molecule is C#CCOC(=O)N(C)C(C)C(=O)OCCCCCCC. The van der Waals surface area contributed by atoms with Crippen molar-refractivity contribution in [3.63, 3.8) is 0 Å². The monoisotopic (exact) mass is 283 g/mol. The number of terminal acetylenes is 1. The zero-order chi connectivity index (χ0) is 15.4. The number of nitrogens with zero attached hydrogens (tertiary/aromatic N) is 1. The summed E-state index contributed by atoms with van der Waals surface area (Å²) in [6.45, 7) is 4.02. The molecule has 1 unspecified atom stereocenters. The number of carbonyl (C=O) groups is 2. The quantitative estimate of drug-likeness (QED) is 0.371. The number of hydrogen-bond acceptors (Lipinski definition) is 4. The van der Waals surface area contributed by atoms with E-state index < -0.39 is 18.1 Å². The van der Waals surface area contributed by atoms with E-state index in [9.17, 15) is 9.59 Å². The summed E-state index contributed by atoms with van der Waals surface area (Å²) in [7, 11) is 1.48. The van der Waals surface area contributed by atoms with Crippen molar-refractivity contribution in [2.45, 2.75) is 52.0 Å². The number of likely N-dealkylation sites (N-methyl/N-ethyl adjacent to an activating group) is 1. The molecular formula is C15H25NO4. The minimum atomic E-state index is -0.684. The summed E-state index contributed by atoms with van der Waals surface area (Å²) in [6, 6.07) is -0.684. The fraction of sp³-hybridized carbons (Fsp3) is 0.733. The van der Waals surface area contributed by atoms with Crippen LogP contribution < -0.4 is 0 Å². The van der Waals surface area contributed by atoms with Crippen molar-refractivity contribution >= 4 is 12.1 Å². The fourth-order valence-electron chi connectivity index (χ4n) is 1.52. The Bertz CT molecular complexity index is 335. The highest BCUT2D eigenvalue weighted by atomic mass is 16.6. The average molecular weight is 283 g/mol. The van der Waals surface area contributed by atoms with Crippen molar-refractivity contribution in [1.82, 2.24) is 4.90 Å². The first-order chi connectivity index (χ1) is 9.54. The molecule has 114 valence electrons. The van der Waals surface area contributed by atoms with E-state index >= 15 is 0 Å². The minimum absolute atomic E-state index is 0.109. The molecular weight excluding hydrogens is 258 g/mol. The molecule has 0 radical (unpaired) electrons. The van der Waals surface area contributed by atoms with Crippen LogP contribution >= 0.6 is 0 Å². The third kappa shape index (κ3) is 7.67. The highest BCUT2D eigenvalue weighted by molar-refractivity contribution is 5.80. The molecule has 0 heterocycles. The molecule has 0 aliphatic rings. The molecule has 5 nitrogen and oxygen atoms in total. The van der Waals surface area contributed by atoms with Crippen LogP contribution in [0.25, 0.3) is 0 Å². The van der Waals surface area contributed by atoms with Crippen molar-refractivity contribution in [2.75, 3.05) is 20.3 Å². The van der Waals surface area contributed by atoms with Gasteiger partial charge in [-0.1, -0.05) is 38.5 Å². The molecule has 0 rings (SSSR count). The topological polar surface area (TPSA) is 55.8 Å². The number of rotatable bonds is 9. The zero-order valence-electron chi connectivity index (χ0n) is 12.7. The van der Waals surface area contributed by atoms with Crippen LogP contribution in [0.15, 0.2) is 0 Å². The largest absolute Gasteiger partial charge is 0.464 e. The Morgan fingerprint density at radius 2 is 1.85 bits per heavy atom. The molecule has 0 aliphatic heterocycles. The molecule has 0 fully saturated rings. The Kier molecular flexibility index (Phi) is 10.2. The standard InChI is InChI=1S/C15H25NO4/c1-5-7-8-9-10-12-19-14(17)13(3)16(4)15(18)20-11-6-2/h2,13H,5,7-12H2,1,3-4H3. The van der Waals surface area contributed by atoms with Crippen molar-refractivity contribution in [2.24, 2.45) is 0 Å². The Hall–Kier alpha value is -1.70. The van der Waals surface area contributed by atoms with E-state index in [-0.39, 0.29) is 6.61 Å². The Labute approximate surface area is 121 Å². The van der Waals surface area contributed by atoms with Gasteiger partial charge in [0.1, 0.15) is 6.04 Å². The highest BCUT2D eigenvalue weighted by Crippen LogP contribution is 2.05. The van der Waals surface area contributed by atoms with E-state index in [0.29, 0.717) is 6.61 Å². The summed E-state index contributed by atoms with van der Waals surface area (Å²) in [5.74, 6) is 1.76. The summed E-state index contributed by atoms with van der Waals surface area (Å²) >= 11 is 0. The van der Waals surface area contributed by atoms with Crippen LogP contribution in [0, 0.1) is 12.3 Å². The van der Waals surface area contributed by atoms with Crippen molar-refractivity contribution in [3.05, 3.63) is 0 Å². The first-order valence-corrected chi connectivity index (χ1v) is 7.04. The second-order valence-electron chi connectivity index (χ2n) is 4.63. The molecule has 0 aromatic rings. The second kappa shape index (κ2) is 11.2. The number of carbonyl (C=O) groups excluding carboxylic acids is 2. The van der Waals surface area contributed by atoms with Gasteiger partial charge in [-0.25, -0.2) is 9.59 Å². The molecule has 0 bridgehead atoms. The Morgan fingerprint density at radius 3 is 2.45 bits per heavy atom. The molecule has 0 aliphatic carbocycles. The lowest BCUT2D eigenvalue weighted by atomic mass is 10.2. The van der Waals surface area contributed by atoms with Gasteiger partial charge in [0, 0.05) is 7.05 Å². The Morgan fingerprint density at radius 1 is 1.20 bits per heavy atom. The molecule has 20 heavy (non-hydrogen) atoms. The zero-order valence-corrected chi connectivity index (χ0v) is 12.7. The predicted octanol–water partition coefficient (Wildman–Crippen LogP) is 2.59. The number of amides is 1. The lowest BCUT2D eigenvalue weighted by Gasteiger charge is -2.22. The normalized spacial score (nSPS) is 11.3. The maximum atomic E-state index is 11.7. The molecule has 5 heteroatoms. The summed E-state index contributed by atoms with van der Waals surface area (Å²) in [6.07, 6.45) is 9.80. The van der Waals surface area contributed by atoms with Gasteiger partial charge in [0.15, 0.2) is 6.61 Å². The summed E-state index contributed by atoms with van der Waals surface area (Å²) < 4.78 is 9.87. The van der Waals surface area contributed by atoms with Gasteiger partial charge < -0.3 is 9.47 Å². The summed E-state index contributed by atoms with van der Waals surface area (Å²) in [5.41, 5.74) is 0. The first-order valence-electron chi connectivity index (χ1n) is 7.04. The van der Waals surface area contributed by atoms with Gasteiger partial charge in [-0.15, -0.1) is 6.42 Å². The van der Waals surface area contributed by atoms with E-state index in [1.54, 1.807) is 6.92 Å². The van der Waals surface area contributed by atoms with E-state index in [2.05, 4.69) is 12.8 Å². The van der Waals surface area contributed by atoms with Crippen molar-refractivity contribution in [3.8, 4) is 12.3 Å². The van der Waals surface area contributed by atoms with Gasteiger partial charge >= 0.3 is 12.1 Å². The number of esters is 1. The van der Waals surface area contributed by atoms with Gasteiger partial charge in [0.05, 0.1) is 6.61 Å². The van der Waals surface area contributed by atoms with Crippen molar-refractivity contribution in [1.29, 1.82) is 0 Å². The van der Waals surface area contributed by atoms with E-state index in [1.165, 1.54) is 24.8 Å².